The lowest BCUT2D eigenvalue weighted by molar-refractivity contribution is 0.503. The molecule has 1 aromatic heterocycles. The molecule has 88 valence electrons. The molecule has 0 fully saturated rings. The third-order valence-corrected chi connectivity index (χ3v) is 2.10. The number of H-pyrrole nitrogens is 1. The molecule has 0 atom stereocenters. The summed E-state index contributed by atoms with van der Waals surface area (Å²) >= 11 is 0. The van der Waals surface area contributed by atoms with Gasteiger partial charge in [0.25, 0.3) is 0 Å². The smallest absolute Gasteiger partial charge is 0.334 e. The summed E-state index contributed by atoms with van der Waals surface area (Å²) in [5, 5.41) is 14.6. The van der Waals surface area contributed by atoms with Crippen molar-refractivity contribution in [1.29, 1.82) is 10.8 Å². The molecular weight excluding hydrogens is 227 g/mol. The van der Waals surface area contributed by atoms with E-state index in [9.17, 15) is 9.18 Å². The van der Waals surface area contributed by atoms with E-state index in [0.717, 1.165) is 10.6 Å². The van der Waals surface area contributed by atoms with Crippen molar-refractivity contribution in [2.75, 3.05) is 0 Å². The number of nitrogens with zero attached hydrogens (tertiary/aromatic N) is 1. The number of aromatic nitrogens is 2. The van der Waals surface area contributed by atoms with E-state index in [1.54, 1.807) is 0 Å². The molecule has 17 heavy (non-hydrogen) atoms. The van der Waals surface area contributed by atoms with Crippen LogP contribution in [-0.4, -0.2) is 21.5 Å². The van der Waals surface area contributed by atoms with Crippen LogP contribution in [0.4, 0.5) is 4.39 Å². The molecule has 6 nitrogen and oxygen atoms in total. The van der Waals surface area contributed by atoms with Crippen LogP contribution in [0.25, 0.3) is 11.0 Å². The second kappa shape index (κ2) is 3.85. The molecule has 0 aliphatic carbocycles. The van der Waals surface area contributed by atoms with Crippen LogP contribution in [0.1, 0.15) is 6.92 Å². The van der Waals surface area contributed by atoms with E-state index >= 15 is 0 Å². The SMILES string of the molecule is CC(=N)OC(=N)n1c(=O)[nH]c2cc(F)ccc21. The first-order chi connectivity index (χ1) is 7.99. The summed E-state index contributed by atoms with van der Waals surface area (Å²) in [6.07, 6.45) is 0. The molecule has 1 heterocycles. The van der Waals surface area contributed by atoms with Crippen molar-refractivity contribution >= 4 is 23.0 Å². The largest absolute Gasteiger partial charge is 0.412 e. The molecular formula is C10H9FN4O2. The van der Waals surface area contributed by atoms with Gasteiger partial charge in [-0.25, -0.2) is 13.8 Å². The van der Waals surface area contributed by atoms with E-state index < -0.39 is 17.5 Å². The zero-order chi connectivity index (χ0) is 12.6. The zero-order valence-electron chi connectivity index (χ0n) is 8.87. The molecule has 0 bridgehead atoms. The number of nitrogens with one attached hydrogen (secondary N) is 3. The van der Waals surface area contributed by atoms with Crippen LogP contribution in [-0.2, 0) is 4.74 Å². The second-order valence-corrected chi connectivity index (χ2v) is 3.39. The normalized spacial score (nSPS) is 10.5. The lowest BCUT2D eigenvalue weighted by atomic mass is 10.3. The van der Waals surface area contributed by atoms with E-state index in [0.29, 0.717) is 5.52 Å². The highest BCUT2D eigenvalue weighted by Crippen LogP contribution is 2.11. The topological polar surface area (TPSA) is 94.7 Å². The lowest BCUT2D eigenvalue weighted by Crippen LogP contribution is -2.27. The number of imidazole rings is 1. The van der Waals surface area contributed by atoms with Crippen molar-refractivity contribution in [2.24, 2.45) is 0 Å². The fraction of sp³-hybridized carbons (Fsp3) is 0.100. The quantitative estimate of drug-likeness (QED) is 0.474. The predicted octanol–water partition coefficient (Wildman–Crippen LogP) is 1.27. The van der Waals surface area contributed by atoms with Crippen molar-refractivity contribution in [2.45, 2.75) is 6.92 Å². The molecule has 0 aliphatic heterocycles. The summed E-state index contributed by atoms with van der Waals surface area (Å²) in [5.41, 5.74) is -0.0227. The van der Waals surface area contributed by atoms with Crippen molar-refractivity contribution in [1.82, 2.24) is 9.55 Å². The Labute approximate surface area is 94.7 Å². The zero-order valence-corrected chi connectivity index (χ0v) is 8.87. The minimum absolute atomic E-state index is 0.210. The summed E-state index contributed by atoms with van der Waals surface area (Å²) in [6, 6.07) is 3.19. The minimum atomic E-state index is -0.614. The monoisotopic (exact) mass is 236 g/mol. The number of rotatable bonds is 0. The van der Waals surface area contributed by atoms with Crippen LogP contribution < -0.4 is 5.69 Å². The Morgan fingerprint density at radius 3 is 2.82 bits per heavy atom. The fourth-order valence-electron chi connectivity index (χ4n) is 1.48. The number of benzene rings is 1. The Morgan fingerprint density at radius 2 is 2.18 bits per heavy atom. The number of halogens is 1. The second-order valence-electron chi connectivity index (χ2n) is 3.39. The van der Waals surface area contributed by atoms with Gasteiger partial charge in [0.1, 0.15) is 5.82 Å². The van der Waals surface area contributed by atoms with E-state index in [1.807, 2.05) is 0 Å². The summed E-state index contributed by atoms with van der Waals surface area (Å²) in [4.78, 5) is 14.0. The lowest BCUT2D eigenvalue weighted by Gasteiger charge is -2.04. The van der Waals surface area contributed by atoms with E-state index in [-0.39, 0.29) is 11.4 Å². The van der Waals surface area contributed by atoms with Gasteiger partial charge in [-0.3, -0.25) is 10.8 Å². The molecule has 1 aromatic carbocycles. The van der Waals surface area contributed by atoms with Crippen molar-refractivity contribution in [3.63, 3.8) is 0 Å². The molecule has 0 unspecified atom stereocenters. The van der Waals surface area contributed by atoms with Crippen molar-refractivity contribution < 1.29 is 9.13 Å². The van der Waals surface area contributed by atoms with Gasteiger partial charge in [0.15, 0.2) is 5.90 Å². The molecule has 0 amide bonds. The Balaban J connectivity index is 2.61. The molecule has 0 aliphatic rings. The van der Waals surface area contributed by atoms with Gasteiger partial charge in [-0.1, -0.05) is 0 Å². The third kappa shape index (κ3) is 1.94. The Morgan fingerprint density at radius 1 is 1.47 bits per heavy atom. The number of ether oxygens (including phenoxy) is 1. The first-order valence-electron chi connectivity index (χ1n) is 4.71. The summed E-state index contributed by atoms with van der Waals surface area (Å²) in [5.74, 6) is -0.694. The standard InChI is InChI=1S/C10H9FN4O2/c1-5(12)17-9(13)15-8-3-2-6(11)4-7(8)14-10(15)16/h2-4,12-13H,1H3,(H,14,16). The highest BCUT2D eigenvalue weighted by molar-refractivity contribution is 5.93. The number of aromatic amines is 1. The van der Waals surface area contributed by atoms with Crippen LogP contribution in [0.3, 0.4) is 0 Å². The molecule has 2 aromatic rings. The molecule has 0 radical (unpaired) electrons. The van der Waals surface area contributed by atoms with Crippen LogP contribution in [0.2, 0.25) is 0 Å². The maximum absolute atomic E-state index is 12.9. The Hall–Kier alpha value is -2.44. The number of fused-ring (bicyclic) bond motifs is 1. The summed E-state index contributed by atoms with van der Waals surface area (Å²) < 4.78 is 18.6. The molecule has 2 rings (SSSR count). The van der Waals surface area contributed by atoms with Gasteiger partial charge in [0, 0.05) is 6.92 Å². The molecule has 0 saturated carbocycles. The van der Waals surface area contributed by atoms with Gasteiger partial charge in [0.2, 0.25) is 0 Å². The van der Waals surface area contributed by atoms with Gasteiger partial charge in [-0.2, -0.15) is 0 Å². The maximum Gasteiger partial charge on any atom is 0.334 e. The highest BCUT2D eigenvalue weighted by Gasteiger charge is 2.13. The first-order valence-corrected chi connectivity index (χ1v) is 4.71. The van der Waals surface area contributed by atoms with Gasteiger partial charge in [0.05, 0.1) is 11.0 Å². The Kier molecular flexibility index (Phi) is 2.51. The van der Waals surface area contributed by atoms with E-state index in [4.69, 9.17) is 15.6 Å². The maximum atomic E-state index is 12.9. The average molecular weight is 236 g/mol. The third-order valence-electron chi connectivity index (χ3n) is 2.10. The Bertz CT molecular complexity index is 670. The molecule has 0 spiro atoms. The highest BCUT2D eigenvalue weighted by atomic mass is 19.1. The van der Waals surface area contributed by atoms with Crippen LogP contribution in [0, 0.1) is 16.6 Å². The minimum Gasteiger partial charge on any atom is -0.412 e. The van der Waals surface area contributed by atoms with Gasteiger partial charge < -0.3 is 9.72 Å². The van der Waals surface area contributed by atoms with Gasteiger partial charge in [-0.15, -0.1) is 0 Å². The predicted molar refractivity (Wildman–Crippen MR) is 60.1 cm³/mol. The molecule has 0 saturated heterocycles. The fourth-order valence-corrected chi connectivity index (χ4v) is 1.48. The molecule has 3 N–H and O–H groups in total. The van der Waals surface area contributed by atoms with E-state index in [2.05, 4.69) is 4.98 Å². The average Bonchev–Trinajstić information content (AvgIpc) is 2.51. The number of hydrogen-bond donors (Lipinski definition) is 3. The van der Waals surface area contributed by atoms with Crippen molar-refractivity contribution in [3.8, 4) is 0 Å². The first kappa shape index (κ1) is 11.1. The number of hydrogen-bond acceptors (Lipinski definition) is 4. The van der Waals surface area contributed by atoms with Gasteiger partial charge in [-0.05, 0) is 18.2 Å². The summed E-state index contributed by atoms with van der Waals surface area (Å²) in [6.45, 7) is 1.34. The van der Waals surface area contributed by atoms with Crippen LogP contribution >= 0.6 is 0 Å². The van der Waals surface area contributed by atoms with Gasteiger partial charge >= 0.3 is 11.7 Å². The van der Waals surface area contributed by atoms with Crippen LogP contribution in [0.15, 0.2) is 23.0 Å². The van der Waals surface area contributed by atoms with Crippen LogP contribution in [0.5, 0.6) is 0 Å². The van der Waals surface area contributed by atoms with Crippen molar-refractivity contribution in [3.05, 3.63) is 34.5 Å². The van der Waals surface area contributed by atoms with E-state index in [1.165, 1.54) is 19.1 Å². The molecule has 7 heteroatoms. The summed E-state index contributed by atoms with van der Waals surface area (Å²) in [7, 11) is 0.